The summed E-state index contributed by atoms with van der Waals surface area (Å²) >= 11 is 0. The number of carbonyl (C=O) groups excluding carboxylic acids is 3. The van der Waals surface area contributed by atoms with Gasteiger partial charge in [-0.05, 0) is 57.0 Å². The minimum absolute atomic E-state index is 0.198. The average Bonchev–Trinajstić information content (AvgIpc) is 3.64. The van der Waals surface area contributed by atoms with Crippen LogP contribution in [0.15, 0.2) is 36.4 Å². The smallest absolute Gasteiger partial charge is 0.327 e. The van der Waals surface area contributed by atoms with Crippen LogP contribution in [0.2, 0.25) is 12.6 Å². The van der Waals surface area contributed by atoms with Gasteiger partial charge in [-0.2, -0.15) is 0 Å². The highest BCUT2D eigenvalue weighted by Gasteiger charge is 2.29. The molecule has 2 heterocycles. The van der Waals surface area contributed by atoms with Gasteiger partial charge in [-0.1, -0.05) is 76.3 Å². The Hall–Kier alpha value is -4.31. The van der Waals surface area contributed by atoms with Gasteiger partial charge in [0.05, 0.1) is 0 Å². The molecule has 13 heteroatoms. The number of likely N-dealkylation sites (N-methyl/N-ethyl adjacent to an activating group) is 1. The highest BCUT2D eigenvalue weighted by atomic mass is 19.3. The maximum Gasteiger partial charge on any atom is 0.327 e. The summed E-state index contributed by atoms with van der Waals surface area (Å²) in [6.45, 7) is 9.40. The summed E-state index contributed by atoms with van der Waals surface area (Å²) in [4.78, 5) is 49.2. The average molecular weight is 685 g/mol. The Bertz CT molecular complexity index is 1360. The number of rotatable bonds is 6. The molecule has 2 N–H and O–H groups in total. The fourth-order valence-corrected chi connectivity index (χ4v) is 5.76. The molecule has 3 aliphatic rings. The molecule has 0 aromatic heterocycles. The lowest BCUT2D eigenvalue weighted by Gasteiger charge is -2.34. The standard InChI is InChI=1S/C13H17FO.C9H8FNO2.C7H12N2O3.C5H8BN.C2H6/c1-10-7-8-13(15-14)12(9-10)11-5-3-2-4-6-11;1-6(13)11-9-3-7(5-12)2-8(10)4-9;1-8-2-3-9(5-10)6(4-8)7(11)12;7-5-6-3-1-2-4-6;1-2/h7-9,11H,2-6H2,1H3;2-5H,1H3,(H,11,13);5-6H,2-4H2,1H3,(H,11,12);1-4H2;1-2H3. The van der Waals surface area contributed by atoms with Crippen molar-refractivity contribution >= 4 is 37.0 Å². The first-order valence-corrected chi connectivity index (χ1v) is 17.0. The van der Waals surface area contributed by atoms with E-state index in [1.54, 1.807) is 6.07 Å². The largest absolute Gasteiger partial charge is 0.480 e. The van der Waals surface area contributed by atoms with Crippen LogP contribution in [0.5, 0.6) is 5.75 Å². The first kappa shape index (κ1) is 42.7. The Morgan fingerprint density at radius 2 is 1.69 bits per heavy atom. The van der Waals surface area contributed by atoms with E-state index in [4.69, 9.17) is 10.4 Å². The van der Waals surface area contributed by atoms with Crippen molar-refractivity contribution in [3.63, 3.8) is 0 Å². The summed E-state index contributed by atoms with van der Waals surface area (Å²) in [6, 6.07) is 8.65. The number of nitriles is 1. The number of nitrogens with one attached hydrogen (secondary N) is 1. The Balaban J connectivity index is 0.000000329. The predicted molar refractivity (Wildman–Crippen MR) is 188 cm³/mol. The molecule has 0 bridgehead atoms. The Kier molecular flexibility index (Phi) is 20.9. The van der Waals surface area contributed by atoms with Crippen molar-refractivity contribution in [2.24, 2.45) is 0 Å². The van der Waals surface area contributed by atoms with Crippen molar-refractivity contribution in [1.29, 1.82) is 5.26 Å². The number of carbonyl (C=O) groups is 4. The number of carboxylic acids is 1. The maximum atomic E-state index is 12.8. The minimum Gasteiger partial charge on any atom is -0.480 e. The topological polar surface area (TPSA) is 140 Å². The van der Waals surface area contributed by atoms with Gasteiger partial charge in [-0.15, -0.1) is 0 Å². The Morgan fingerprint density at radius 1 is 1.04 bits per heavy atom. The van der Waals surface area contributed by atoms with E-state index in [1.165, 1.54) is 68.4 Å². The molecule has 268 valence electrons. The molecule has 2 aliphatic heterocycles. The monoisotopic (exact) mass is 684 g/mol. The van der Waals surface area contributed by atoms with Gasteiger partial charge >= 0.3 is 5.97 Å². The molecule has 3 fully saturated rings. The van der Waals surface area contributed by atoms with Gasteiger partial charge in [-0.3, -0.25) is 19.3 Å². The fraction of sp³-hybridized carbons (Fsp3) is 0.528. The van der Waals surface area contributed by atoms with Crippen LogP contribution in [0.1, 0.15) is 93.1 Å². The number of nitrogens with zero attached hydrogens (tertiary/aromatic N) is 3. The van der Waals surface area contributed by atoms with Gasteiger partial charge in [0.25, 0.3) is 6.71 Å². The first-order valence-electron chi connectivity index (χ1n) is 17.0. The van der Waals surface area contributed by atoms with Crippen LogP contribution in [0, 0.1) is 24.0 Å². The Morgan fingerprint density at radius 3 is 2.20 bits per heavy atom. The quantitative estimate of drug-likeness (QED) is 0.242. The minimum atomic E-state index is -0.936. The van der Waals surface area contributed by atoms with Crippen molar-refractivity contribution < 1.29 is 38.1 Å². The van der Waals surface area contributed by atoms with E-state index in [-0.39, 0.29) is 17.2 Å². The zero-order valence-electron chi connectivity index (χ0n) is 29.4. The molecule has 2 aromatic carbocycles. The van der Waals surface area contributed by atoms with Crippen molar-refractivity contribution in [2.75, 3.05) is 32.0 Å². The molecule has 1 aliphatic carbocycles. The SMILES string of the molecule is CC.CC(=O)Nc1cc(F)cc(C=O)c1.CN1CCN(C=O)C(C(=O)O)C1.Cc1ccc(OF)c(C2CCCCC2)c1.N#CB1CCCC1. The van der Waals surface area contributed by atoms with Crippen LogP contribution in [0.3, 0.4) is 0 Å². The second-order valence-electron chi connectivity index (χ2n) is 12.1. The third-order valence-electron chi connectivity index (χ3n) is 8.25. The van der Waals surface area contributed by atoms with Crippen LogP contribution in [0.4, 0.5) is 14.6 Å². The third-order valence-corrected chi connectivity index (χ3v) is 8.25. The molecule has 0 radical (unpaired) electrons. The highest BCUT2D eigenvalue weighted by molar-refractivity contribution is 6.67. The Labute approximate surface area is 289 Å². The molecule has 49 heavy (non-hydrogen) atoms. The van der Waals surface area contributed by atoms with Gasteiger partial charge in [0.1, 0.15) is 18.1 Å². The summed E-state index contributed by atoms with van der Waals surface area (Å²) in [6.07, 6.45) is 12.1. The van der Waals surface area contributed by atoms with Crippen LogP contribution in [-0.4, -0.2) is 78.9 Å². The highest BCUT2D eigenvalue weighted by Crippen LogP contribution is 2.38. The molecule has 5 rings (SSSR count). The van der Waals surface area contributed by atoms with Gasteiger partial charge in [0, 0.05) is 53.9 Å². The number of hydrogen-bond acceptors (Lipinski definition) is 7. The van der Waals surface area contributed by atoms with Gasteiger partial charge < -0.3 is 20.2 Å². The summed E-state index contributed by atoms with van der Waals surface area (Å²) in [5.41, 5.74) is 2.71. The molecule has 0 spiro atoms. The molecule has 10 nitrogen and oxygen atoms in total. The number of benzene rings is 2. The molecule has 1 atom stereocenters. The van der Waals surface area contributed by atoms with E-state index in [0.717, 1.165) is 36.9 Å². The molecule has 1 unspecified atom stereocenters. The molecule has 1 saturated carbocycles. The number of anilines is 1. The van der Waals surface area contributed by atoms with E-state index < -0.39 is 17.8 Å². The first-order chi connectivity index (χ1) is 23.5. The number of carboxylic acid groups (broad SMARTS) is 1. The third kappa shape index (κ3) is 16.1. The zero-order chi connectivity index (χ0) is 36.8. The number of hydrogen-bond donors (Lipinski definition) is 2. The molecule has 2 aromatic rings. The van der Waals surface area contributed by atoms with Gasteiger partial charge in [0.15, 0.2) is 5.75 Å². The zero-order valence-corrected chi connectivity index (χ0v) is 29.4. The summed E-state index contributed by atoms with van der Waals surface area (Å²) in [5.74, 6) is 1.38. The summed E-state index contributed by atoms with van der Waals surface area (Å²) in [7, 11) is 1.85. The van der Waals surface area contributed by atoms with Crippen molar-refractivity contribution in [3.05, 3.63) is 58.9 Å². The van der Waals surface area contributed by atoms with Gasteiger partial charge in [-0.25, -0.2) is 14.4 Å². The number of amides is 2. The second-order valence-corrected chi connectivity index (χ2v) is 12.1. The van der Waals surface area contributed by atoms with E-state index >= 15 is 0 Å². The number of aliphatic carboxylic acids is 1. The van der Waals surface area contributed by atoms with Crippen molar-refractivity contribution in [2.45, 2.75) is 97.2 Å². The predicted octanol–water partition coefficient (Wildman–Crippen LogP) is 7.11. The van der Waals surface area contributed by atoms with E-state index in [2.05, 4.69) is 22.3 Å². The van der Waals surface area contributed by atoms with E-state index in [0.29, 0.717) is 44.2 Å². The lowest BCUT2D eigenvalue weighted by molar-refractivity contribution is -0.149. The van der Waals surface area contributed by atoms with E-state index in [9.17, 15) is 28.1 Å². The number of piperazine rings is 1. The van der Waals surface area contributed by atoms with Crippen LogP contribution < -0.4 is 10.3 Å². The number of aryl methyl sites for hydroxylation is 1. The van der Waals surface area contributed by atoms with Gasteiger partial charge in [0.2, 0.25) is 12.3 Å². The summed E-state index contributed by atoms with van der Waals surface area (Å²) < 4.78 is 25.1. The molecule has 2 amide bonds. The molecule has 2 saturated heterocycles. The molecular formula is C36H51BF2N4O6. The van der Waals surface area contributed by atoms with Crippen LogP contribution in [0.25, 0.3) is 0 Å². The fourth-order valence-electron chi connectivity index (χ4n) is 5.76. The number of aldehydes is 1. The second kappa shape index (κ2) is 23.9. The van der Waals surface area contributed by atoms with E-state index in [1.807, 2.05) is 38.8 Å². The normalized spacial score (nSPS) is 17.1. The maximum absolute atomic E-state index is 12.8. The van der Waals surface area contributed by atoms with Crippen molar-refractivity contribution in [3.8, 4) is 11.7 Å². The lowest BCUT2D eigenvalue weighted by atomic mass is 9.50. The van der Waals surface area contributed by atoms with Crippen LogP contribution >= 0.6 is 0 Å². The summed E-state index contributed by atoms with van der Waals surface area (Å²) in [5, 5.41) is 19.4. The lowest BCUT2D eigenvalue weighted by Crippen LogP contribution is -2.54. The van der Waals surface area contributed by atoms with Crippen molar-refractivity contribution in [1.82, 2.24) is 9.80 Å². The van der Waals surface area contributed by atoms with Crippen LogP contribution in [-0.2, 0) is 14.4 Å². The molecular weight excluding hydrogens is 633 g/mol. The number of halogens is 2.